The number of hydrogen-bond acceptors (Lipinski definition) is 4. The summed E-state index contributed by atoms with van der Waals surface area (Å²) in [6, 6.07) is 0. The summed E-state index contributed by atoms with van der Waals surface area (Å²) in [5.41, 5.74) is -0.401. The molecule has 1 atom stereocenters. The molecule has 1 aliphatic rings. The summed E-state index contributed by atoms with van der Waals surface area (Å²) in [4.78, 5) is 4.07. The zero-order valence-electron chi connectivity index (χ0n) is 10.2. The molecular formula is C11H16F3N3O. The number of aryl methyl sites for hydroxylation is 1. The smallest absolute Gasteiger partial charge is 0.337 e. The van der Waals surface area contributed by atoms with Crippen LogP contribution in [0.15, 0.2) is 4.52 Å². The van der Waals surface area contributed by atoms with Gasteiger partial charge in [-0.15, -0.1) is 0 Å². The third-order valence-electron chi connectivity index (χ3n) is 3.19. The van der Waals surface area contributed by atoms with Crippen molar-refractivity contribution in [3.05, 3.63) is 11.7 Å². The van der Waals surface area contributed by atoms with E-state index in [-0.39, 0.29) is 12.2 Å². The van der Waals surface area contributed by atoms with Gasteiger partial charge in [0.1, 0.15) is 0 Å². The zero-order chi connectivity index (χ0) is 13.2. The summed E-state index contributed by atoms with van der Waals surface area (Å²) in [5.74, 6) is 0.510. The van der Waals surface area contributed by atoms with Gasteiger partial charge in [-0.2, -0.15) is 18.2 Å². The SMILES string of the molecule is CC1(c2nc(CCC(F)(F)F)no2)CCCCN1. The predicted molar refractivity (Wildman–Crippen MR) is 57.9 cm³/mol. The maximum Gasteiger partial charge on any atom is 0.389 e. The van der Waals surface area contributed by atoms with Crippen molar-refractivity contribution in [3.63, 3.8) is 0 Å². The lowest BCUT2D eigenvalue weighted by Gasteiger charge is -2.31. The van der Waals surface area contributed by atoms with Crippen molar-refractivity contribution in [2.75, 3.05) is 6.54 Å². The van der Waals surface area contributed by atoms with Gasteiger partial charge in [0.05, 0.1) is 12.0 Å². The van der Waals surface area contributed by atoms with Gasteiger partial charge in [-0.1, -0.05) is 5.16 Å². The van der Waals surface area contributed by atoms with Crippen LogP contribution in [0.1, 0.15) is 44.3 Å². The van der Waals surface area contributed by atoms with Gasteiger partial charge in [-0.25, -0.2) is 0 Å². The molecule has 0 amide bonds. The van der Waals surface area contributed by atoms with Gasteiger partial charge < -0.3 is 9.84 Å². The Morgan fingerprint density at radius 1 is 1.39 bits per heavy atom. The van der Waals surface area contributed by atoms with Crippen molar-refractivity contribution < 1.29 is 17.7 Å². The molecule has 0 bridgehead atoms. The first-order chi connectivity index (χ1) is 8.39. The number of piperidine rings is 1. The Balaban J connectivity index is 2.01. The molecule has 2 heterocycles. The Morgan fingerprint density at radius 3 is 2.78 bits per heavy atom. The fourth-order valence-corrected chi connectivity index (χ4v) is 2.07. The lowest BCUT2D eigenvalue weighted by Crippen LogP contribution is -2.43. The summed E-state index contributed by atoms with van der Waals surface area (Å²) in [6.07, 6.45) is -2.35. The lowest BCUT2D eigenvalue weighted by atomic mass is 9.91. The third kappa shape index (κ3) is 3.22. The molecule has 1 aromatic heterocycles. The number of rotatable bonds is 3. The van der Waals surface area contributed by atoms with Crippen LogP contribution in [0.2, 0.25) is 0 Å². The van der Waals surface area contributed by atoms with Crippen LogP contribution in [-0.2, 0) is 12.0 Å². The van der Waals surface area contributed by atoms with E-state index in [1.54, 1.807) is 0 Å². The second-order valence-electron chi connectivity index (χ2n) is 4.85. The van der Waals surface area contributed by atoms with Gasteiger partial charge in [0.2, 0.25) is 5.89 Å². The quantitative estimate of drug-likeness (QED) is 0.910. The highest BCUT2D eigenvalue weighted by Crippen LogP contribution is 2.29. The Hall–Kier alpha value is -1.11. The topological polar surface area (TPSA) is 51.0 Å². The van der Waals surface area contributed by atoms with E-state index in [9.17, 15) is 13.2 Å². The molecule has 1 aliphatic heterocycles. The number of aromatic nitrogens is 2. The van der Waals surface area contributed by atoms with Crippen LogP contribution in [0.25, 0.3) is 0 Å². The highest BCUT2D eigenvalue weighted by atomic mass is 19.4. The largest absolute Gasteiger partial charge is 0.389 e. The minimum Gasteiger partial charge on any atom is -0.337 e. The van der Waals surface area contributed by atoms with Crippen LogP contribution in [0.3, 0.4) is 0 Å². The molecule has 1 N–H and O–H groups in total. The van der Waals surface area contributed by atoms with Gasteiger partial charge in [0.25, 0.3) is 0 Å². The van der Waals surface area contributed by atoms with E-state index in [0.29, 0.717) is 5.89 Å². The van der Waals surface area contributed by atoms with Crippen molar-refractivity contribution >= 4 is 0 Å². The Kier molecular flexibility index (Phi) is 3.61. The molecule has 0 aromatic carbocycles. The normalized spacial score (nSPS) is 25.3. The first kappa shape index (κ1) is 13.3. The van der Waals surface area contributed by atoms with Crippen LogP contribution in [0.5, 0.6) is 0 Å². The Morgan fingerprint density at radius 2 is 2.17 bits per heavy atom. The van der Waals surface area contributed by atoms with Crippen molar-refractivity contribution in [2.45, 2.75) is 50.7 Å². The molecule has 7 heteroatoms. The van der Waals surface area contributed by atoms with Crippen LogP contribution >= 0.6 is 0 Å². The number of alkyl halides is 3. The van der Waals surface area contributed by atoms with Crippen molar-refractivity contribution in [1.29, 1.82) is 0 Å². The number of nitrogens with zero attached hydrogens (tertiary/aromatic N) is 2. The minimum atomic E-state index is -4.19. The second kappa shape index (κ2) is 4.87. The summed E-state index contributed by atoms with van der Waals surface area (Å²) in [7, 11) is 0. The summed E-state index contributed by atoms with van der Waals surface area (Å²) in [6.45, 7) is 2.80. The molecule has 1 unspecified atom stereocenters. The molecule has 1 fully saturated rings. The number of hydrogen-bond donors (Lipinski definition) is 1. The average Bonchev–Trinajstić information content (AvgIpc) is 2.76. The lowest BCUT2D eigenvalue weighted by molar-refractivity contribution is -0.134. The molecule has 2 rings (SSSR count). The van der Waals surface area contributed by atoms with Crippen LogP contribution in [-0.4, -0.2) is 22.9 Å². The van der Waals surface area contributed by atoms with E-state index in [1.165, 1.54) is 0 Å². The Labute approximate surface area is 103 Å². The van der Waals surface area contributed by atoms with Crippen LogP contribution < -0.4 is 5.32 Å². The Bertz CT molecular complexity index is 396. The standard InChI is InChI=1S/C11H16F3N3O/c1-10(5-2-3-7-15-10)9-16-8(17-18-9)4-6-11(12,13)14/h15H,2-7H2,1H3. The summed E-state index contributed by atoms with van der Waals surface area (Å²) >= 11 is 0. The van der Waals surface area contributed by atoms with E-state index in [0.717, 1.165) is 25.8 Å². The summed E-state index contributed by atoms with van der Waals surface area (Å²) in [5, 5.41) is 6.89. The second-order valence-corrected chi connectivity index (χ2v) is 4.85. The molecule has 0 radical (unpaired) electrons. The van der Waals surface area contributed by atoms with Crippen LogP contribution in [0.4, 0.5) is 13.2 Å². The predicted octanol–water partition coefficient (Wildman–Crippen LogP) is 2.55. The van der Waals surface area contributed by atoms with Crippen molar-refractivity contribution in [3.8, 4) is 0 Å². The first-order valence-corrected chi connectivity index (χ1v) is 6.04. The van der Waals surface area contributed by atoms with E-state index >= 15 is 0 Å². The highest BCUT2D eigenvalue weighted by molar-refractivity contribution is 5.03. The monoisotopic (exact) mass is 263 g/mol. The molecular weight excluding hydrogens is 247 g/mol. The van der Waals surface area contributed by atoms with E-state index in [4.69, 9.17) is 4.52 Å². The fourth-order valence-electron chi connectivity index (χ4n) is 2.07. The van der Waals surface area contributed by atoms with E-state index in [2.05, 4.69) is 15.5 Å². The van der Waals surface area contributed by atoms with E-state index < -0.39 is 18.1 Å². The summed E-state index contributed by atoms with van der Waals surface area (Å²) < 4.78 is 41.3. The van der Waals surface area contributed by atoms with Crippen molar-refractivity contribution in [1.82, 2.24) is 15.5 Å². The van der Waals surface area contributed by atoms with Crippen LogP contribution in [0, 0.1) is 0 Å². The molecule has 102 valence electrons. The first-order valence-electron chi connectivity index (χ1n) is 6.04. The highest BCUT2D eigenvalue weighted by Gasteiger charge is 2.34. The molecule has 0 spiro atoms. The van der Waals surface area contributed by atoms with Gasteiger partial charge >= 0.3 is 6.18 Å². The van der Waals surface area contributed by atoms with Gasteiger partial charge in [-0.05, 0) is 32.7 Å². The zero-order valence-corrected chi connectivity index (χ0v) is 10.2. The van der Waals surface area contributed by atoms with E-state index in [1.807, 2.05) is 6.92 Å². The van der Waals surface area contributed by atoms with Gasteiger partial charge in [0, 0.05) is 6.42 Å². The van der Waals surface area contributed by atoms with Gasteiger partial charge in [-0.3, -0.25) is 0 Å². The molecule has 1 saturated heterocycles. The molecule has 0 saturated carbocycles. The maximum atomic E-state index is 12.1. The molecule has 18 heavy (non-hydrogen) atoms. The fraction of sp³-hybridized carbons (Fsp3) is 0.818. The molecule has 0 aliphatic carbocycles. The van der Waals surface area contributed by atoms with Crippen molar-refractivity contribution in [2.24, 2.45) is 0 Å². The average molecular weight is 263 g/mol. The molecule has 4 nitrogen and oxygen atoms in total. The van der Waals surface area contributed by atoms with Gasteiger partial charge in [0.15, 0.2) is 5.82 Å². The minimum absolute atomic E-state index is 0.121. The maximum absolute atomic E-state index is 12.1. The third-order valence-corrected chi connectivity index (χ3v) is 3.19. The molecule has 1 aromatic rings. The number of nitrogens with one attached hydrogen (secondary N) is 1. The number of halogens is 3.